The molecule has 3 atom stereocenters. The molecule has 88 valence electrons. The van der Waals surface area contributed by atoms with E-state index in [1.54, 1.807) is 0 Å². The molecule has 2 N–H and O–H groups in total. The van der Waals surface area contributed by atoms with Crippen molar-refractivity contribution in [3.05, 3.63) is 0 Å². The molecule has 16 heavy (non-hydrogen) atoms. The normalized spacial score (nSPS) is 33.2. The van der Waals surface area contributed by atoms with E-state index in [4.69, 9.17) is 0 Å². The van der Waals surface area contributed by atoms with Crippen molar-refractivity contribution in [3.8, 4) is 0 Å². The number of hydrogen-bond acceptors (Lipinski definition) is 3. The quantitative estimate of drug-likeness (QED) is 0.660. The van der Waals surface area contributed by atoms with Crippen molar-refractivity contribution in [1.29, 1.82) is 0 Å². The molecule has 0 spiro atoms. The highest BCUT2D eigenvalue weighted by Gasteiger charge is 2.42. The van der Waals surface area contributed by atoms with Crippen LogP contribution in [0.1, 0.15) is 32.6 Å². The Bertz CT molecular complexity index is 340. The Labute approximate surface area is 94.0 Å². The van der Waals surface area contributed by atoms with Gasteiger partial charge in [0.2, 0.25) is 17.7 Å². The lowest BCUT2D eigenvalue weighted by Crippen LogP contribution is -2.52. The summed E-state index contributed by atoms with van der Waals surface area (Å²) < 4.78 is 0. The van der Waals surface area contributed by atoms with Crippen LogP contribution in [0.2, 0.25) is 0 Å². The highest BCUT2D eigenvalue weighted by atomic mass is 16.2. The van der Waals surface area contributed by atoms with E-state index in [1.807, 2.05) is 0 Å². The number of hydrogen-bond donors (Lipinski definition) is 2. The van der Waals surface area contributed by atoms with Gasteiger partial charge >= 0.3 is 0 Å². The minimum atomic E-state index is -0.525. The van der Waals surface area contributed by atoms with Crippen molar-refractivity contribution in [3.63, 3.8) is 0 Å². The maximum absolute atomic E-state index is 11.7. The van der Waals surface area contributed by atoms with Gasteiger partial charge in [-0.3, -0.25) is 19.7 Å². The molecule has 1 aliphatic heterocycles. The molecule has 0 aromatic carbocycles. The van der Waals surface area contributed by atoms with Gasteiger partial charge in [0.15, 0.2) is 0 Å². The van der Waals surface area contributed by atoms with E-state index < -0.39 is 6.04 Å². The Kier molecular flexibility index (Phi) is 2.94. The molecule has 0 radical (unpaired) electrons. The summed E-state index contributed by atoms with van der Waals surface area (Å²) >= 11 is 0. The number of rotatable bonds is 3. The first kappa shape index (κ1) is 11.1. The van der Waals surface area contributed by atoms with Gasteiger partial charge in [0.05, 0.1) is 0 Å². The summed E-state index contributed by atoms with van der Waals surface area (Å²) in [6.07, 6.45) is 2.65. The number of amides is 3. The van der Waals surface area contributed by atoms with Crippen molar-refractivity contribution in [2.75, 3.05) is 0 Å². The van der Waals surface area contributed by atoms with Crippen LogP contribution in [0, 0.1) is 11.8 Å². The zero-order valence-electron chi connectivity index (χ0n) is 9.29. The van der Waals surface area contributed by atoms with Gasteiger partial charge in [0, 0.05) is 12.3 Å². The van der Waals surface area contributed by atoms with Gasteiger partial charge in [-0.15, -0.1) is 0 Å². The van der Waals surface area contributed by atoms with Crippen LogP contribution in [0.5, 0.6) is 0 Å². The third kappa shape index (κ3) is 2.23. The maximum atomic E-state index is 11.7. The Hall–Kier alpha value is -1.39. The molecule has 1 aliphatic carbocycles. The average Bonchev–Trinajstić information content (AvgIpc) is 3.01. The Morgan fingerprint density at radius 2 is 2.25 bits per heavy atom. The third-order valence-corrected chi connectivity index (χ3v) is 3.34. The van der Waals surface area contributed by atoms with Gasteiger partial charge in [-0.2, -0.15) is 0 Å². The summed E-state index contributed by atoms with van der Waals surface area (Å²) in [6.45, 7) is 2.06. The maximum Gasteiger partial charge on any atom is 0.249 e. The molecule has 1 saturated heterocycles. The molecule has 0 aromatic heterocycles. The Morgan fingerprint density at radius 3 is 2.81 bits per heavy atom. The van der Waals surface area contributed by atoms with Crippen molar-refractivity contribution in [2.45, 2.75) is 38.6 Å². The third-order valence-electron chi connectivity index (χ3n) is 3.34. The first-order valence-corrected chi connectivity index (χ1v) is 5.76. The fourth-order valence-electron chi connectivity index (χ4n) is 2.13. The molecule has 0 aromatic rings. The summed E-state index contributed by atoms with van der Waals surface area (Å²) in [7, 11) is 0. The fourth-order valence-corrected chi connectivity index (χ4v) is 2.13. The van der Waals surface area contributed by atoms with Crippen molar-refractivity contribution in [1.82, 2.24) is 10.6 Å². The SMILES string of the molecule is CCC1CC1C(=O)NC1CCC(=O)NC1=O. The summed E-state index contributed by atoms with van der Waals surface area (Å²) in [5, 5.41) is 4.94. The number of carbonyl (C=O) groups is 3. The smallest absolute Gasteiger partial charge is 0.249 e. The summed E-state index contributed by atoms with van der Waals surface area (Å²) in [6, 6.07) is -0.525. The van der Waals surface area contributed by atoms with Crippen LogP contribution in [-0.4, -0.2) is 23.8 Å². The predicted octanol–water partition coefficient (Wildman–Crippen LogP) is -0.0461. The van der Waals surface area contributed by atoms with Crippen molar-refractivity contribution >= 4 is 17.7 Å². The lowest BCUT2D eigenvalue weighted by molar-refractivity contribution is -0.137. The molecule has 1 heterocycles. The van der Waals surface area contributed by atoms with Gasteiger partial charge < -0.3 is 5.32 Å². The largest absolute Gasteiger partial charge is 0.344 e. The Balaban J connectivity index is 1.83. The second kappa shape index (κ2) is 4.23. The monoisotopic (exact) mass is 224 g/mol. The summed E-state index contributed by atoms with van der Waals surface area (Å²) in [5.74, 6) is -0.114. The number of carbonyl (C=O) groups excluding carboxylic acids is 3. The van der Waals surface area contributed by atoms with Crippen LogP contribution in [0.3, 0.4) is 0 Å². The van der Waals surface area contributed by atoms with Crippen LogP contribution in [0.15, 0.2) is 0 Å². The van der Waals surface area contributed by atoms with E-state index in [2.05, 4.69) is 17.6 Å². The van der Waals surface area contributed by atoms with Gasteiger partial charge in [-0.05, 0) is 18.8 Å². The molecule has 3 unspecified atom stereocenters. The van der Waals surface area contributed by atoms with E-state index in [0.29, 0.717) is 18.8 Å². The molecular weight excluding hydrogens is 208 g/mol. The molecule has 0 bridgehead atoms. The fraction of sp³-hybridized carbons (Fsp3) is 0.727. The van der Waals surface area contributed by atoms with E-state index in [9.17, 15) is 14.4 Å². The van der Waals surface area contributed by atoms with Crippen LogP contribution < -0.4 is 10.6 Å². The molecule has 1 saturated carbocycles. The Morgan fingerprint density at radius 1 is 1.50 bits per heavy atom. The zero-order valence-corrected chi connectivity index (χ0v) is 9.29. The zero-order chi connectivity index (χ0) is 11.7. The summed E-state index contributed by atoms with van der Waals surface area (Å²) in [4.78, 5) is 34.0. The number of nitrogens with one attached hydrogen (secondary N) is 2. The van der Waals surface area contributed by atoms with E-state index in [0.717, 1.165) is 12.8 Å². The molecule has 3 amide bonds. The van der Waals surface area contributed by atoms with Gasteiger partial charge in [0.1, 0.15) is 6.04 Å². The number of imide groups is 1. The first-order valence-electron chi connectivity index (χ1n) is 5.76. The molecule has 2 aliphatic rings. The van der Waals surface area contributed by atoms with E-state index in [-0.39, 0.29) is 23.6 Å². The topological polar surface area (TPSA) is 75.3 Å². The average molecular weight is 224 g/mol. The van der Waals surface area contributed by atoms with E-state index in [1.165, 1.54) is 0 Å². The van der Waals surface area contributed by atoms with Crippen LogP contribution in [-0.2, 0) is 14.4 Å². The van der Waals surface area contributed by atoms with E-state index >= 15 is 0 Å². The first-order chi connectivity index (χ1) is 7.61. The highest BCUT2D eigenvalue weighted by molar-refractivity contribution is 6.01. The minimum absolute atomic E-state index is 0.0404. The molecule has 2 fully saturated rings. The molecule has 5 nitrogen and oxygen atoms in total. The van der Waals surface area contributed by atoms with Crippen LogP contribution >= 0.6 is 0 Å². The van der Waals surface area contributed by atoms with Gasteiger partial charge in [-0.1, -0.05) is 13.3 Å². The molecular formula is C11H16N2O3. The minimum Gasteiger partial charge on any atom is -0.344 e. The predicted molar refractivity (Wildman–Crippen MR) is 56.2 cm³/mol. The van der Waals surface area contributed by atoms with Crippen LogP contribution in [0.25, 0.3) is 0 Å². The second-order valence-electron chi connectivity index (χ2n) is 4.52. The van der Waals surface area contributed by atoms with Crippen molar-refractivity contribution in [2.24, 2.45) is 11.8 Å². The highest BCUT2D eigenvalue weighted by Crippen LogP contribution is 2.41. The van der Waals surface area contributed by atoms with Gasteiger partial charge in [-0.25, -0.2) is 0 Å². The second-order valence-corrected chi connectivity index (χ2v) is 4.52. The van der Waals surface area contributed by atoms with Gasteiger partial charge in [0.25, 0.3) is 0 Å². The van der Waals surface area contributed by atoms with Crippen LogP contribution in [0.4, 0.5) is 0 Å². The molecule has 5 heteroatoms. The van der Waals surface area contributed by atoms with Crippen molar-refractivity contribution < 1.29 is 14.4 Å². The number of piperidine rings is 1. The standard InChI is InChI=1S/C11H16N2O3/c1-2-6-5-7(6)10(15)12-8-3-4-9(14)13-11(8)16/h6-8H,2-5H2,1H3,(H,12,15)(H,13,14,16). The lowest BCUT2D eigenvalue weighted by atomic mass is 10.1. The summed E-state index contributed by atoms with van der Waals surface area (Å²) in [5.41, 5.74) is 0. The lowest BCUT2D eigenvalue weighted by Gasteiger charge is -2.21. The molecule has 2 rings (SSSR count).